The van der Waals surface area contributed by atoms with E-state index in [9.17, 15) is 0 Å². The summed E-state index contributed by atoms with van der Waals surface area (Å²) >= 11 is 9.35. The van der Waals surface area contributed by atoms with E-state index in [1.807, 2.05) is 30.3 Å². The van der Waals surface area contributed by atoms with Gasteiger partial charge in [-0.05, 0) is 46.3 Å². The fourth-order valence-electron chi connectivity index (χ4n) is 1.76. The summed E-state index contributed by atoms with van der Waals surface area (Å²) in [5.74, 6) is 0.756. The Balaban J connectivity index is 1.98. The van der Waals surface area contributed by atoms with Crippen molar-refractivity contribution in [3.05, 3.63) is 57.3 Å². The number of nitrogens with one attached hydrogen (secondary N) is 1. The summed E-state index contributed by atoms with van der Waals surface area (Å²) < 4.78 is 6.61. The van der Waals surface area contributed by atoms with Crippen LogP contribution in [0.25, 0.3) is 0 Å². The van der Waals surface area contributed by atoms with Crippen molar-refractivity contribution >= 4 is 27.5 Å². The smallest absolute Gasteiger partial charge is 0.134 e. The summed E-state index contributed by atoms with van der Waals surface area (Å²) in [6.45, 7) is 5.42. The number of aromatic nitrogens is 1. The number of hydrogen-bond acceptors (Lipinski definition) is 3. The Morgan fingerprint density at radius 2 is 2.00 bits per heavy atom. The van der Waals surface area contributed by atoms with Crippen molar-refractivity contribution < 1.29 is 4.74 Å². The van der Waals surface area contributed by atoms with Gasteiger partial charge < -0.3 is 10.1 Å². The number of pyridine rings is 1. The third-order valence-corrected chi connectivity index (χ3v) is 3.68. The minimum Gasteiger partial charge on any atom is -0.486 e. The van der Waals surface area contributed by atoms with Crippen molar-refractivity contribution in [3.63, 3.8) is 0 Å². The molecule has 1 aromatic carbocycles. The molecule has 5 heteroatoms. The molecule has 1 heterocycles. The summed E-state index contributed by atoms with van der Waals surface area (Å²) in [6, 6.07) is 11.9. The van der Waals surface area contributed by atoms with E-state index in [2.05, 4.69) is 40.1 Å². The van der Waals surface area contributed by atoms with Crippen LogP contribution in [0.1, 0.15) is 25.2 Å². The lowest BCUT2D eigenvalue weighted by Gasteiger charge is -2.10. The van der Waals surface area contributed by atoms with Crippen LogP contribution in [0.4, 0.5) is 0 Å². The van der Waals surface area contributed by atoms with Gasteiger partial charge >= 0.3 is 0 Å². The number of hydrogen-bond donors (Lipinski definition) is 1. The van der Waals surface area contributed by atoms with Crippen LogP contribution in [0.5, 0.6) is 5.75 Å². The number of nitrogens with zero attached hydrogens (tertiary/aromatic N) is 1. The molecule has 0 aliphatic rings. The van der Waals surface area contributed by atoms with E-state index in [1.54, 1.807) is 6.07 Å². The molecule has 0 saturated heterocycles. The van der Waals surface area contributed by atoms with Gasteiger partial charge in [0.2, 0.25) is 0 Å². The molecule has 0 bridgehead atoms. The van der Waals surface area contributed by atoms with Gasteiger partial charge in [0.05, 0.1) is 15.9 Å². The Morgan fingerprint density at radius 3 is 2.71 bits per heavy atom. The van der Waals surface area contributed by atoms with Crippen molar-refractivity contribution in [1.82, 2.24) is 10.3 Å². The Morgan fingerprint density at radius 1 is 1.24 bits per heavy atom. The zero-order chi connectivity index (χ0) is 15.2. The van der Waals surface area contributed by atoms with E-state index >= 15 is 0 Å². The highest BCUT2D eigenvalue weighted by molar-refractivity contribution is 9.10. The standard InChI is InChI=1S/C16H18BrClN2O/c1-11(2)19-9-13-4-3-5-14(20-13)10-21-16-7-6-12(18)8-15(16)17/h3-8,11,19H,9-10H2,1-2H3. The minimum atomic E-state index is 0.426. The van der Waals surface area contributed by atoms with Gasteiger partial charge in [0.1, 0.15) is 12.4 Å². The van der Waals surface area contributed by atoms with Crippen LogP contribution < -0.4 is 10.1 Å². The summed E-state index contributed by atoms with van der Waals surface area (Å²) in [5, 5.41) is 4.03. The summed E-state index contributed by atoms with van der Waals surface area (Å²) in [4.78, 5) is 4.58. The maximum atomic E-state index is 5.91. The lowest BCUT2D eigenvalue weighted by molar-refractivity contribution is 0.299. The van der Waals surface area contributed by atoms with Gasteiger partial charge in [-0.25, -0.2) is 0 Å². The second kappa shape index (κ2) is 7.78. The first-order valence-electron chi connectivity index (χ1n) is 6.80. The van der Waals surface area contributed by atoms with E-state index in [0.29, 0.717) is 17.7 Å². The molecule has 0 unspecified atom stereocenters. The molecule has 0 fully saturated rings. The molecular formula is C16H18BrClN2O. The molecule has 21 heavy (non-hydrogen) atoms. The lowest BCUT2D eigenvalue weighted by Crippen LogP contribution is -2.22. The molecule has 0 spiro atoms. The largest absolute Gasteiger partial charge is 0.486 e. The van der Waals surface area contributed by atoms with Crippen molar-refractivity contribution in [2.24, 2.45) is 0 Å². The third kappa shape index (κ3) is 5.30. The molecule has 1 N–H and O–H groups in total. The van der Waals surface area contributed by atoms with Gasteiger partial charge in [-0.3, -0.25) is 4.98 Å². The second-order valence-electron chi connectivity index (χ2n) is 5.02. The Kier molecular flexibility index (Phi) is 6.03. The van der Waals surface area contributed by atoms with E-state index in [0.717, 1.165) is 28.2 Å². The predicted octanol–water partition coefficient (Wildman–Crippen LogP) is 4.57. The zero-order valence-electron chi connectivity index (χ0n) is 12.1. The maximum absolute atomic E-state index is 5.91. The monoisotopic (exact) mass is 368 g/mol. The highest BCUT2D eigenvalue weighted by Crippen LogP contribution is 2.28. The van der Waals surface area contributed by atoms with Crippen molar-refractivity contribution in [2.45, 2.75) is 33.0 Å². The second-order valence-corrected chi connectivity index (χ2v) is 6.31. The van der Waals surface area contributed by atoms with Crippen LogP contribution in [0.15, 0.2) is 40.9 Å². The first-order valence-corrected chi connectivity index (χ1v) is 7.98. The van der Waals surface area contributed by atoms with Crippen molar-refractivity contribution in [3.8, 4) is 5.75 Å². The lowest BCUT2D eigenvalue weighted by atomic mass is 10.3. The molecule has 1 aromatic heterocycles. The van der Waals surface area contributed by atoms with Crippen LogP contribution in [-0.4, -0.2) is 11.0 Å². The van der Waals surface area contributed by atoms with E-state index in [-0.39, 0.29) is 0 Å². The molecule has 0 aliphatic carbocycles. The summed E-state index contributed by atoms with van der Waals surface area (Å²) in [5.41, 5.74) is 1.92. The topological polar surface area (TPSA) is 34.1 Å². The van der Waals surface area contributed by atoms with Gasteiger partial charge in [-0.1, -0.05) is 31.5 Å². The Hall–Kier alpha value is -1.10. The average molecular weight is 370 g/mol. The highest BCUT2D eigenvalue weighted by Gasteiger charge is 2.04. The first kappa shape index (κ1) is 16.3. The van der Waals surface area contributed by atoms with Crippen molar-refractivity contribution in [1.29, 1.82) is 0 Å². The fraction of sp³-hybridized carbons (Fsp3) is 0.312. The molecule has 2 rings (SSSR count). The summed E-state index contributed by atoms with van der Waals surface area (Å²) in [6.07, 6.45) is 0. The SMILES string of the molecule is CC(C)NCc1cccc(COc2ccc(Cl)cc2Br)n1. The molecule has 0 radical (unpaired) electrons. The van der Waals surface area contributed by atoms with Gasteiger partial charge in [-0.15, -0.1) is 0 Å². The molecule has 0 atom stereocenters. The molecular weight excluding hydrogens is 352 g/mol. The third-order valence-electron chi connectivity index (χ3n) is 2.83. The minimum absolute atomic E-state index is 0.426. The predicted molar refractivity (Wildman–Crippen MR) is 89.7 cm³/mol. The number of benzene rings is 1. The molecule has 3 nitrogen and oxygen atoms in total. The normalized spacial score (nSPS) is 10.9. The summed E-state index contributed by atoms with van der Waals surface area (Å²) in [7, 11) is 0. The number of ether oxygens (including phenoxy) is 1. The van der Waals surface area contributed by atoms with Crippen LogP contribution >= 0.6 is 27.5 Å². The average Bonchev–Trinajstić information content (AvgIpc) is 2.45. The Labute approximate surface area is 138 Å². The zero-order valence-corrected chi connectivity index (χ0v) is 14.4. The van der Waals surface area contributed by atoms with E-state index < -0.39 is 0 Å². The molecule has 112 valence electrons. The number of halogens is 2. The maximum Gasteiger partial charge on any atom is 0.134 e. The molecule has 2 aromatic rings. The molecule has 0 amide bonds. The quantitative estimate of drug-likeness (QED) is 0.809. The van der Waals surface area contributed by atoms with Crippen LogP contribution in [0, 0.1) is 0 Å². The van der Waals surface area contributed by atoms with Crippen LogP contribution in [0.3, 0.4) is 0 Å². The van der Waals surface area contributed by atoms with Gasteiger partial charge in [0, 0.05) is 17.6 Å². The van der Waals surface area contributed by atoms with Gasteiger partial charge in [0.15, 0.2) is 0 Å². The van der Waals surface area contributed by atoms with Crippen molar-refractivity contribution in [2.75, 3.05) is 0 Å². The highest BCUT2D eigenvalue weighted by atomic mass is 79.9. The Bertz CT molecular complexity index is 605. The molecule has 0 aliphatic heterocycles. The van der Waals surface area contributed by atoms with Crippen LogP contribution in [0.2, 0.25) is 5.02 Å². The van der Waals surface area contributed by atoms with E-state index in [1.165, 1.54) is 0 Å². The molecule has 0 saturated carbocycles. The first-order chi connectivity index (χ1) is 10.0. The van der Waals surface area contributed by atoms with Gasteiger partial charge in [0.25, 0.3) is 0 Å². The fourth-order valence-corrected chi connectivity index (χ4v) is 2.56. The number of rotatable bonds is 6. The van der Waals surface area contributed by atoms with Gasteiger partial charge in [-0.2, -0.15) is 0 Å². The van der Waals surface area contributed by atoms with Crippen LogP contribution in [-0.2, 0) is 13.2 Å². The van der Waals surface area contributed by atoms with E-state index in [4.69, 9.17) is 16.3 Å².